The maximum atomic E-state index is 13.7. The first-order valence-electron chi connectivity index (χ1n) is 7.08. The predicted molar refractivity (Wildman–Crippen MR) is 93.8 cm³/mol. The Labute approximate surface area is 146 Å². The van der Waals surface area contributed by atoms with E-state index in [4.69, 9.17) is 11.6 Å². The summed E-state index contributed by atoms with van der Waals surface area (Å²) in [5, 5.41) is 0.455. The van der Waals surface area contributed by atoms with E-state index in [2.05, 4.69) is 15.0 Å². The topological polar surface area (TPSA) is 78.6 Å². The Kier molecular flexibility index (Phi) is 3.66. The number of nitrogens with one attached hydrogen (secondary N) is 2. The van der Waals surface area contributed by atoms with E-state index in [0.717, 1.165) is 11.3 Å². The molecule has 0 aliphatic heterocycles. The molecule has 3 aromatic heterocycles. The van der Waals surface area contributed by atoms with Crippen LogP contribution in [0.2, 0.25) is 5.02 Å². The van der Waals surface area contributed by atoms with Crippen molar-refractivity contribution in [3.63, 3.8) is 0 Å². The summed E-state index contributed by atoms with van der Waals surface area (Å²) in [7, 11) is 0. The average molecular weight is 380 g/mol. The van der Waals surface area contributed by atoms with Crippen LogP contribution >= 0.6 is 22.9 Å². The first-order chi connectivity index (χ1) is 12.0. The van der Waals surface area contributed by atoms with E-state index in [0.29, 0.717) is 10.6 Å². The van der Waals surface area contributed by atoms with Crippen molar-refractivity contribution in [2.75, 3.05) is 0 Å². The third-order valence-corrected chi connectivity index (χ3v) is 5.16. The number of rotatable bonds is 2. The lowest BCUT2D eigenvalue weighted by molar-refractivity contribution is 0.153. The zero-order valence-electron chi connectivity index (χ0n) is 12.3. The first kappa shape index (κ1) is 15.9. The number of hydrogen-bond donors (Lipinski definition) is 2. The molecule has 0 amide bonds. The molecule has 3 heterocycles. The van der Waals surface area contributed by atoms with Gasteiger partial charge in [0.1, 0.15) is 9.53 Å². The number of hydrogen-bond acceptors (Lipinski definition) is 4. The Morgan fingerprint density at radius 2 is 1.92 bits per heavy atom. The molecule has 25 heavy (non-hydrogen) atoms. The van der Waals surface area contributed by atoms with Gasteiger partial charge < -0.3 is 4.98 Å². The van der Waals surface area contributed by atoms with Gasteiger partial charge in [-0.05, 0) is 12.1 Å². The molecule has 0 aliphatic carbocycles. The van der Waals surface area contributed by atoms with Crippen molar-refractivity contribution in [2.24, 2.45) is 0 Å². The SMILES string of the molecule is O=c1[nH]c(=O)c2sc3nc(-c4ccccc4Cl)cc(C(F)F)c3c2[nH]1. The highest BCUT2D eigenvalue weighted by Crippen LogP contribution is 2.39. The van der Waals surface area contributed by atoms with Crippen molar-refractivity contribution in [1.29, 1.82) is 0 Å². The van der Waals surface area contributed by atoms with Crippen LogP contribution in [0.5, 0.6) is 0 Å². The van der Waals surface area contributed by atoms with Gasteiger partial charge in [-0.15, -0.1) is 11.3 Å². The summed E-state index contributed by atoms with van der Waals surface area (Å²) in [4.78, 5) is 32.6. The molecule has 0 fully saturated rings. The average Bonchev–Trinajstić information content (AvgIpc) is 2.93. The number of halogens is 3. The minimum absolute atomic E-state index is 0.0715. The lowest BCUT2D eigenvalue weighted by atomic mass is 10.1. The molecule has 0 unspecified atom stereocenters. The molecule has 1 aromatic carbocycles. The quantitative estimate of drug-likeness (QED) is 0.550. The van der Waals surface area contributed by atoms with Gasteiger partial charge in [-0.25, -0.2) is 18.6 Å². The van der Waals surface area contributed by atoms with Gasteiger partial charge in [0, 0.05) is 21.5 Å². The lowest BCUT2D eigenvalue weighted by Crippen LogP contribution is -2.20. The third kappa shape index (κ3) is 2.54. The van der Waals surface area contributed by atoms with Crippen molar-refractivity contribution in [2.45, 2.75) is 6.43 Å². The molecule has 0 aliphatic rings. The number of pyridine rings is 1. The maximum Gasteiger partial charge on any atom is 0.326 e. The van der Waals surface area contributed by atoms with E-state index >= 15 is 0 Å². The number of nitrogens with zero attached hydrogens (tertiary/aromatic N) is 1. The number of H-pyrrole nitrogens is 2. The largest absolute Gasteiger partial charge is 0.326 e. The molecule has 126 valence electrons. The second-order valence-corrected chi connectivity index (χ2v) is 6.68. The summed E-state index contributed by atoms with van der Waals surface area (Å²) in [6, 6.07) is 8.00. The number of fused-ring (bicyclic) bond motifs is 3. The van der Waals surface area contributed by atoms with Gasteiger partial charge in [0.2, 0.25) is 0 Å². The molecule has 4 aromatic rings. The zero-order chi connectivity index (χ0) is 17.7. The number of alkyl halides is 2. The van der Waals surface area contributed by atoms with Crippen LogP contribution in [0.3, 0.4) is 0 Å². The van der Waals surface area contributed by atoms with E-state index < -0.39 is 17.7 Å². The minimum atomic E-state index is -2.81. The van der Waals surface area contributed by atoms with Gasteiger partial charge in [-0.3, -0.25) is 9.78 Å². The Morgan fingerprint density at radius 1 is 1.16 bits per heavy atom. The Bertz CT molecular complexity index is 1250. The van der Waals surface area contributed by atoms with Crippen LogP contribution in [0.1, 0.15) is 12.0 Å². The van der Waals surface area contributed by atoms with Crippen LogP contribution in [-0.2, 0) is 0 Å². The fourth-order valence-corrected chi connectivity index (χ4v) is 3.98. The molecule has 0 atom stereocenters. The number of thiophene rings is 1. The summed E-state index contributed by atoms with van der Waals surface area (Å²) in [6.45, 7) is 0. The molecule has 4 rings (SSSR count). The van der Waals surface area contributed by atoms with Crippen molar-refractivity contribution < 1.29 is 8.78 Å². The Hall–Kier alpha value is -2.58. The lowest BCUT2D eigenvalue weighted by Gasteiger charge is -2.08. The first-order valence-corrected chi connectivity index (χ1v) is 8.28. The molecular formula is C16H8ClF2N3O2S. The fraction of sp³-hybridized carbons (Fsp3) is 0.0625. The van der Waals surface area contributed by atoms with Crippen molar-refractivity contribution in [3.8, 4) is 11.3 Å². The molecule has 5 nitrogen and oxygen atoms in total. The summed E-state index contributed by atoms with van der Waals surface area (Å²) < 4.78 is 27.5. The van der Waals surface area contributed by atoms with Crippen molar-refractivity contribution >= 4 is 43.4 Å². The predicted octanol–water partition coefficient (Wildman–Crippen LogP) is 4.08. The highest BCUT2D eigenvalue weighted by molar-refractivity contribution is 7.25. The molecule has 2 N–H and O–H groups in total. The zero-order valence-corrected chi connectivity index (χ0v) is 13.8. The Balaban J connectivity index is 2.16. The fourth-order valence-electron chi connectivity index (χ4n) is 2.69. The highest BCUT2D eigenvalue weighted by Gasteiger charge is 2.21. The summed E-state index contributed by atoms with van der Waals surface area (Å²) in [5.74, 6) is 0. The number of aromatic nitrogens is 3. The summed E-state index contributed by atoms with van der Waals surface area (Å²) in [5.41, 5.74) is -0.852. The smallest absolute Gasteiger partial charge is 0.305 e. The second-order valence-electron chi connectivity index (χ2n) is 5.27. The monoisotopic (exact) mass is 379 g/mol. The van der Waals surface area contributed by atoms with Crippen LogP contribution in [0.4, 0.5) is 8.78 Å². The molecule has 9 heteroatoms. The third-order valence-electron chi connectivity index (χ3n) is 3.75. The van der Waals surface area contributed by atoms with Gasteiger partial charge in [-0.1, -0.05) is 29.8 Å². The van der Waals surface area contributed by atoms with Crippen LogP contribution in [0.25, 0.3) is 31.7 Å². The van der Waals surface area contributed by atoms with E-state index in [1.165, 1.54) is 6.07 Å². The standard InChI is InChI=1S/C16H8ClF2N3O2S/c17-8-4-2-1-3-6(8)9-5-7(13(18)19)10-11-12(25-15(10)20-9)14(23)22-16(24)21-11/h1-5,13H,(H2,21,22,23,24). The Morgan fingerprint density at radius 3 is 2.64 bits per heavy atom. The van der Waals surface area contributed by atoms with Crippen LogP contribution in [0.15, 0.2) is 39.9 Å². The molecule has 0 spiro atoms. The second kappa shape index (κ2) is 5.75. The van der Waals surface area contributed by atoms with Crippen molar-refractivity contribution in [1.82, 2.24) is 15.0 Å². The van der Waals surface area contributed by atoms with Gasteiger partial charge in [0.05, 0.1) is 11.2 Å². The molecule has 0 saturated heterocycles. The number of aromatic amines is 2. The molecular weight excluding hydrogens is 372 g/mol. The summed E-state index contributed by atoms with van der Waals surface area (Å²) >= 11 is 7.08. The molecule has 0 saturated carbocycles. The van der Waals surface area contributed by atoms with Gasteiger partial charge in [0.25, 0.3) is 12.0 Å². The highest BCUT2D eigenvalue weighted by atomic mass is 35.5. The van der Waals surface area contributed by atoms with Crippen LogP contribution in [-0.4, -0.2) is 15.0 Å². The van der Waals surface area contributed by atoms with Gasteiger partial charge in [-0.2, -0.15) is 0 Å². The molecule has 0 bridgehead atoms. The van der Waals surface area contributed by atoms with Crippen LogP contribution in [0, 0.1) is 0 Å². The minimum Gasteiger partial charge on any atom is -0.305 e. The normalized spacial score (nSPS) is 11.7. The van der Waals surface area contributed by atoms with E-state index in [1.54, 1.807) is 24.3 Å². The van der Waals surface area contributed by atoms with E-state index in [9.17, 15) is 18.4 Å². The van der Waals surface area contributed by atoms with E-state index in [-0.39, 0.29) is 31.7 Å². The van der Waals surface area contributed by atoms with Gasteiger partial charge >= 0.3 is 5.69 Å². The molecule has 0 radical (unpaired) electrons. The van der Waals surface area contributed by atoms with E-state index in [1.807, 2.05) is 0 Å². The van der Waals surface area contributed by atoms with Crippen molar-refractivity contribution in [3.05, 3.63) is 61.8 Å². The van der Waals surface area contributed by atoms with Crippen LogP contribution < -0.4 is 11.2 Å². The van der Waals surface area contributed by atoms with Gasteiger partial charge in [0.15, 0.2) is 0 Å². The number of benzene rings is 1. The summed E-state index contributed by atoms with van der Waals surface area (Å²) in [6.07, 6.45) is -2.81. The maximum absolute atomic E-state index is 13.7.